The average molecular weight is 485 g/mol. The highest BCUT2D eigenvalue weighted by atomic mass is 19.1. The van der Waals surface area contributed by atoms with Gasteiger partial charge < -0.3 is 10.6 Å². The van der Waals surface area contributed by atoms with Gasteiger partial charge in [-0.05, 0) is 61.4 Å². The lowest BCUT2D eigenvalue weighted by molar-refractivity contribution is 0.139. The van der Waals surface area contributed by atoms with E-state index in [1.807, 2.05) is 39.8 Å². The van der Waals surface area contributed by atoms with E-state index in [1.165, 1.54) is 11.6 Å². The zero-order valence-electron chi connectivity index (χ0n) is 20.4. The van der Waals surface area contributed by atoms with Crippen molar-refractivity contribution in [1.29, 1.82) is 0 Å². The maximum absolute atomic E-state index is 13.6. The molecule has 2 N–H and O–H groups in total. The van der Waals surface area contributed by atoms with Crippen molar-refractivity contribution in [2.45, 2.75) is 39.0 Å². The number of nitrogens with zero attached hydrogens (tertiary/aromatic N) is 6. The molecule has 8 nitrogen and oxygen atoms in total. The van der Waals surface area contributed by atoms with Crippen molar-refractivity contribution in [2.24, 2.45) is 0 Å². The first-order chi connectivity index (χ1) is 17.5. The number of benzene rings is 2. The molecule has 0 bridgehead atoms. The number of nitrogens with one attached hydrogen (secondary N) is 2. The van der Waals surface area contributed by atoms with Crippen LogP contribution in [0.25, 0.3) is 16.4 Å². The molecule has 0 amide bonds. The van der Waals surface area contributed by atoms with Gasteiger partial charge in [0.2, 0.25) is 0 Å². The molecule has 0 radical (unpaired) electrons. The molecule has 1 aliphatic heterocycles. The highest BCUT2D eigenvalue weighted by Gasteiger charge is 2.24. The van der Waals surface area contributed by atoms with E-state index in [1.54, 1.807) is 18.5 Å². The zero-order valence-corrected chi connectivity index (χ0v) is 20.4. The smallest absolute Gasteiger partial charge is 0.158 e. The van der Waals surface area contributed by atoms with Crippen molar-refractivity contribution in [3.63, 3.8) is 0 Å². The van der Waals surface area contributed by atoms with E-state index in [2.05, 4.69) is 56.7 Å². The summed E-state index contributed by atoms with van der Waals surface area (Å²) in [7, 11) is 0. The molecule has 6 rings (SSSR count). The first-order valence-electron chi connectivity index (χ1n) is 12.3. The molecule has 1 saturated heterocycles. The van der Waals surface area contributed by atoms with Gasteiger partial charge in [0, 0.05) is 49.0 Å². The molecule has 5 aromatic rings. The maximum Gasteiger partial charge on any atom is 0.158 e. The molecular formula is C27H29FN8. The zero-order chi connectivity index (χ0) is 24.6. The summed E-state index contributed by atoms with van der Waals surface area (Å²) < 4.78 is 17.4. The summed E-state index contributed by atoms with van der Waals surface area (Å²) in [6.45, 7) is 7.83. The second-order valence-corrected chi connectivity index (χ2v) is 9.66. The Morgan fingerprint density at radius 1 is 1.08 bits per heavy atom. The van der Waals surface area contributed by atoms with Crippen LogP contribution in [0.2, 0.25) is 0 Å². The van der Waals surface area contributed by atoms with Gasteiger partial charge >= 0.3 is 0 Å². The molecule has 3 aromatic heterocycles. The summed E-state index contributed by atoms with van der Waals surface area (Å²) in [6.07, 6.45) is 5.41. The Morgan fingerprint density at radius 2 is 2.00 bits per heavy atom. The van der Waals surface area contributed by atoms with Gasteiger partial charge in [-0.3, -0.25) is 9.58 Å². The van der Waals surface area contributed by atoms with E-state index in [4.69, 9.17) is 0 Å². The third kappa shape index (κ3) is 4.43. The van der Waals surface area contributed by atoms with Crippen molar-refractivity contribution in [3.05, 3.63) is 84.2 Å². The summed E-state index contributed by atoms with van der Waals surface area (Å²) in [6, 6.07) is 15.8. The van der Waals surface area contributed by atoms with E-state index in [9.17, 15) is 4.39 Å². The molecule has 9 heteroatoms. The molecule has 1 aliphatic rings. The largest absolute Gasteiger partial charge is 0.338 e. The standard InChI is InChI=1S/C27H29FN8/c1-18-14-34(19(2)12-29-18)16-21-8-9-35-26(21)27(30-17-32-35)33-24-6-7-25-22(11-24)13-31-36(25)15-20-4-3-5-23(28)10-20/h3-11,13,17-19,29H,12,14-16H2,1-2H3,(H,30,32,33)/t18-,19+/m1/s1. The number of hydrogen-bond acceptors (Lipinski definition) is 6. The van der Waals surface area contributed by atoms with Crippen LogP contribution in [-0.4, -0.2) is 54.5 Å². The van der Waals surface area contributed by atoms with Gasteiger partial charge in [0.15, 0.2) is 5.82 Å². The molecule has 1 fully saturated rings. The van der Waals surface area contributed by atoms with Gasteiger partial charge in [-0.25, -0.2) is 13.9 Å². The third-order valence-corrected chi connectivity index (χ3v) is 6.93. The average Bonchev–Trinajstić information content (AvgIpc) is 3.46. The van der Waals surface area contributed by atoms with Crippen LogP contribution in [0.4, 0.5) is 15.9 Å². The first kappa shape index (κ1) is 22.6. The Kier molecular flexibility index (Phi) is 5.86. The van der Waals surface area contributed by atoms with Gasteiger partial charge in [-0.2, -0.15) is 10.2 Å². The van der Waals surface area contributed by atoms with Crippen LogP contribution in [0.3, 0.4) is 0 Å². The molecule has 0 aliphatic carbocycles. The number of hydrogen-bond donors (Lipinski definition) is 2. The summed E-state index contributed by atoms with van der Waals surface area (Å²) in [5.41, 5.74) is 4.97. The minimum absolute atomic E-state index is 0.239. The minimum Gasteiger partial charge on any atom is -0.338 e. The lowest BCUT2D eigenvalue weighted by Crippen LogP contribution is -2.53. The summed E-state index contributed by atoms with van der Waals surface area (Å²) >= 11 is 0. The Balaban J connectivity index is 1.27. The van der Waals surface area contributed by atoms with E-state index >= 15 is 0 Å². The molecule has 184 valence electrons. The highest BCUT2D eigenvalue weighted by molar-refractivity contribution is 5.85. The number of halogens is 1. The van der Waals surface area contributed by atoms with Gasteiger partial charge in [0.05, 0.1) is 18.3 Å². The predicted molar refractivity (Wildman–Crippen MR) is 139 cm³/mol. The van der Waals surface area contributed by atoms with Crippen molar-refractivity contribution >= 4 is 27.9 Å². The molecule has 4 heterocycles. The van der Waals surface area contributed by atoms with E-state index < -0.39 is 0 Å². The van der Waals surface area contributed by atoms with Crippen molar-refractivity contribution in [3.8, 4) is 0 Å². The van der Waals surface area contributed by atoms with Crippen LogP contribution < -0.4 is 10.6 Å². The lowest BCUT2D eigenvalue weighted by Gasteiger charge is -2.37. The van der Waals surface area contributed by atoms with Crippen molar-refractivity contribution in [1.82, 2.24) is 34.6 Å². The molecule has 0 spiro atoms. The second-order valence-electron chi connectivity index (χ2n) is 9.66. The van der Waals surface area contributed by atoms with Crippen LogP contribution in [0.5, 0.6) is 0 Å². The van der Waals surface area contributed by atoms with Crippen LogP contribution in [-0.2, 0) is 13.1 Å². The van der Waals surface area contributed by atoms with Crippen LogP contribution in [0, 0.1) is 5.82 Å². The molecule has 2 aromatic carbocycles. The van der Waals surface area contributed by atoms with Gasteiger partial charge in [-0.1, -0.05) is 12.1 Å². The van der Waals surface area contributed by atoms with Crippen LogP contribution in [0.1, 0.15) is 25.0 Å². The molecular weight excluding hydrogens is 455 g/mol. The minimum atomic E-state index is -0.239. The number of anilines is 2. The van der Waals surface area contributed by atoms with E-state index in [-0.39, 0.29) is 5.82 Å². The monoisotopic (exact) mass is 484 g/mol. The third-order valence-electron chi connectivity index (χ3n) is 6.93. The quantitative estimate of drug-likeness (QED) is 0.376. The normalized spacial score (nSPS) is 18.8. The van der Waals surface area contributed by atoms with E-state index in [0.717, 1.165) is 53.1 Å². The number of aromatic nitrogens is 5. The van der Waals surface area contributed by atoms with Gasteiger partial charge in [0.1, 0.15) is 17.7 Å². The SMILES string of the molecule is C[C@@H]1CN(Cc2ccn3ncnc(Nc4ccc5c(cnn5Cc5cccc(F)c5)c4)c23)[C@@H](C)CN1. The van der Waals surface area contributed by atoms with Crippen molar-refractivity contribution in [2.75, 3.05) is 18.4 Å². The number of piperazine rings is 1. The summed E-state index contributed by atoms with van der Waals surface area (Å²) in [4.78, 5) is 7.09. The Hall–Kier alpha value is -3.82. The fourth-order valence-electron chi connectivity index (χ4n) is 5.01. The van der Waals surface area contributed by atoms with Crippen LogP contribution >= 0.6 is 0 Å². The highest BCUT2D eigenvalue weighted by Crippen LogP contribution is 2.27. The lowest BCUT2D eigenvalue weighted by atomic mass is 10.1. The summed E-state index contributed by atoms with van der Waals surface area (Å²) in [5.74, 6) is 0.532. The maximum atomic E-state index is 13.6. The number of rotatable bonds is 6. The molecule has 36 heavy (non-hydrogen) atoms. The van der Waals surface area contributed by atoms with Gasteiger partial charge in [-0.15, -0.1) is 0 Å². The Bertz CT molecular complexity index is 1520. The second kappa shape index (κ2) is 9.33. The molecule has 0 unspecified atom stereocenters. The fourth-order valence-corrected chi connectivity index (χ4v) is 5.01. The number of fused-ring (bicyclic) bond motifs is 2. The van der Waals surface area contributed by atoms with Crippen molar-refractivity contribution < 1.29 is 4.39 Å². The van der Waals surface area contributed by atoms with Crippen LogP contribution in [0.15, 0.2) is 67.3 Å². The Labute approximate surface area is 208 Å². The van der Waals surface area contributed by atoms with Gasteiger partial charge in [0.25, 0.3) is 0 Å². The molecule has 2 atom stereocenters. The first-order valence-corrected chi connectivity index (χ1v) is 12.3. The molecule has 0 saturated carbocycles. The van der Waals surface area contributed by atoms with E-state index in [0.29, 0.717) is 18.6 Å². The Morgan fingerprint density at radius 3 is 2.89 bits per heavy atom. The fraction of sp³-hybridized carbons (Fsp3) is 0.296. The predicted octanol–water partition coefficient (Wildman–Crippen LogP) is 4.19. The topological polar surface area (TPSA) is 75.3 Å². The summed E-state index contributed by atoms with van der Waals surface area (Å²) in [5, 5.41) is 17.0.